The summed E-state index contributed by atoms with van der Waals surface area (Å²) in [6.07, 6.45) is 13.5. The molecule has 1 amide bonds. The molecule has 2 fully saturated rings. The van der Waals surface area contributed by atoms with E-state index in [-0.39, 0.29) is 33.5 Å². The van der Waals surface area contributed by atoms with E-state index in [1.165, 1.54) is 30.2 Å². The zero-order chi connectivity index (χ0) is 33.0. The average Bonchev–Trinajstić information content (AvgIpc) is 3.47. The number of hydrogen-bond acceptors (Lipinski definition) is 5. The number of hydrogen-bond donors (Lipinski definition) is 0. The monoisotopic (exact) mass is 620 g/mol. The van der Waals surface area contributed by atoms with E-state index in [2.05, 4.69) is 65.8 Å². The number of carbonyl (C=O) groups excluding carboxylic acids is 2. The number of allylic oxidation sites excluding steroid dienone is 3. The van der Waals surface area contributed by atoms with Gasteiger partial charge in [-0.25, -0.2) is 4.98 Å². The number of esters is 1. The molecule has 6 heteroatoms. The van der Waals surface area contributed by atoms with E-state index >= 15 is 0 Å². The van der Waals surface area contributed by atoms with Crippen LogP contribution in [-0.4, -0.2) is 43.0 Å². The van der Waals surface area contributed by atoms with Gasteiger partial charge in [-0.3, -0.25) is 9.59 Å². The van der Waals surface area contributed by atoms with Gasteiger partial charge in [0.15, 0.2) is 5.58 Å². The molecule has 0 aliphatic heterocycles. The Labute approximate surface area is 273 Å². The van der Waals surface area contributed by atoms with Crippen LogP contribution < -0.4 is 0 Å². The van der Waals surface area contributed by atoms with Crippen molar-refractivity contribution in [1.82, 2.24) is 9.88 Å². The van der Waals surface area contributed by atoms with Crippen molar-refractivity contribution >= 4 is 34.6 Å². The summed E-state index contributed by atoms with van der Waals surface area (Å²) in [4.78, 5) is 32.0. The zero-order valence-electron chi connectivity index (χ0n) is 29.0. The first-order valence-corrected chi connectivity index (χ1v) is 16.9. The fourth-order valence-electron chi connectivity index (χ4n) is 10.2. The molecule has 6 nitrogen and oxygen atoms in total. The Hall–Kier alpha value is -3.67. The van der Waals surface area contributed by atoms with Crippen molar-refractivity contribution in [1.29, 1.82) is 0 Å². The minimum absolute atomic E-state index is 0.000401. The number of oxazole rings is 1. The van der Waals surface area contributed by atoms with Gasteiger partial charge in [-0.2, -0.15) is 0 Å². The summed E-state index contributed by atoms with van der Waals surface area (Å²) in [7, 11) is 5.05. The topological polar surface area (TPSA) is 72.6 Å². The van der Waals surface area contributed by atoms with Crippen LogP contribution in [0.25, 0.3) is 34.2 Å². The van der Waals surface area contributed by atoms with Crippen molar-refractivity contribution in [3.05, 3.63) is 64.7 Å². The molecule has 0 saturated heterocycles. The molecule has 46 heavy (non-hydrogen) atoms. The van der Waals surface area contributed by atoms with E-state index in [0.29, 0.717) is 17.4 Å². The van der Waals surface area contributed by atoms with Crippen LogP contribution in [0.2, 0.25) is 0 Å². The molecule has 4 aliphatic rings. The Balaban J connectivity index is 1.30. The Kier molecular flexibility index (Phi) is 6.67. The summed E-state index contributed by atoms with van der Waals surface area (Å²) < 4.78 is 11.8. The third kappa shape index (κ3) is 3.97. The van der Waals surface area contributed by atoms with Crippen LogP contribution >= 0.6 is 0 Å². The first-order valence-electron chi connectivity index (χ1n) is 16.9. The van der Waals surface area contributed by atoms with Crippen LogP contribution in [-0.2, 0) is 9.53 Å². The van der Waals surface area contributed by atoms with Crippen molar-refractivity contribution < 1.29 is 18.7 Å². The third-order valence-corrected chi connectivity index (χ3v) is 13.7. The number of amides is 1. The second-order valence-electron chi connectivity index (χ2n) is 16.2. The van der Waals surface area contributed by atoms with Gasteiger partial charge >= 0.3 is 5.97 Å². The van der Waals surface area contributed by atoms with Gasteiger partial charge in [-0.1, -0.05) is 45.9 Å². The molecule has 0 unspecified atom stereocenters. The molecule has 4 aliphatic carbocycles. The Morgan fingerprint density at radius 1 is 1.00 bits per heavy atom. The van der Waals surface area contributed by atoms with Crippen molar-refractivity contribution in [2.45, 2.75) is 80.1 Å². The zero-order valence-corrected chi connectivity index (χ0v) is 29.0. The SMILES string of the molecule is COC(=O)[C@]1(C)CC[C@]2(C)CC[C@@]3(C)[C@@](C)(CC=C4c5cc6nc(-c7ccc(C(=O)N(C)C)cc7)oc6c(C)c5C=C[C@]43C)[C@H]2C1. The second kappa shape index (κ2) is 9.92. The van der Waals surface area contributed by atoms with Crippen LogP contribution in [0.4, 0.5) is 0 Å². The highest BCUT2D eigenvalue weighted by atomic mass is 16.5. The summed E-state index contributed by atoms with van der Waals surface area (Å²) in [5.74, 6) is 0.893. The molecular weight excluding hydrogens is 572 g/mol. The predicted molar refractivity (Wildman–Crippen MR) is 183 cm³/mol. The Bertz CT molecular complexity index is 1850. The maximum absolute atomic E-state index is 13.1. The van der Waals surface area contributed by atoms with E-state index < -0.39 is 5.41 Å². The summed E-state index contributed by atoms with van der Waals surface area (Å²) in [5.41, 5.74) is 7.73. The summed E-state index contributed by atoms with van der Waals surface area (Å²) in [6.45, 7) is 14.3. The quantitative estimate of drug-likeness (QED) is 0.273. The molecule has 242 valence electrons. The number of aryl methyl sites for hydroxylation is 1. The van der Waals surface area contributed by atoms with E-state index in [0.717, 1.165) is 54.3 Å². The number of benzene rings is 2. The van der Waals surface area contributed by atoms with Crippen LogP contribution in [0.3, 0.4) is 0 Å². The number of ether oxygens (including phenoxy) is 1. The van der Waals surface area contributed by atoms with Crippen LogP contribution in [0, 0.1) is 39.9 Å². The van der Waals surface area contributed by atoms with E-state index in [1.54, 1.807) is 19.0 Å². The predicted octanol–water partition coefficient (Wildman–Crippen LogP) is 9.12. The molecule has 6 atom stereocenters. The molecular formula is C40H48N2O4. The molecule has 0 bridgehead atoms. The standard InChI is InChI=1S/C40H48N2O4/c1-24-27-14-16-38(4)29(28(27)22-30-32(24)46-33(41-30)25-10-12-26(13-11-25)34(43)42(7)8)15-17-39(5)31-23-37(3,35(44)45-9)19-18-36(31,2)20-21-40(38,39)6/h10-16,22,31H,17-21,23H2,1-9H3/t31-,36+,37+,38+,39-,40+/m0/s1. The fraction of sp³-hybridized carbons (Fsp3) is 0.525. The molecule has 0 N–H and O–H groups in total. The Morgan fingerprint density at radius 2 is 1.70 bits per heavy atom. The molecule has 7 rings (SSSR count). The minimum atomic E-state index is -0.435. The molecule has 0 radical (unpaired) electrons. The number of nitrogens with zero attached hydrogens (tertiary/aromatic N) is 2. The van der Waals surface area contributed by atoms with E-state index in [9.17, 15) is 9.59 Å². The number of rotatable bonds is 3. The third-order valence-electron chi connectivity index (χ3n) is 13.7. The minimum Gasteiger partial charge on any atom is -0.469 e. The highest BCUT2D eigenvalue weighted by Gasteiger charge is 2.68. The lowest BCUT2D eigenvalue weighted by Crippen LogP contribution is -2.63. The number of methoxy groups -OCH3 is 1. The smallest absolute Gasteiger partial charge is 0.311 e. The van der Waals surface area contributed by atoms with Crippen LogP contribution in [0.5, 0.6) is 0 Å². The van der Waals surface area contributed by atoms with Crippen molar-refractivity contribution in [2.24, 2.45) is 33.0 Å². The lowest BCUT2D eigenvalue weighted by atomic mass is 9.33. The molecule has 1 heterocycles. The van der Waals surface area contributed by atoms with E-state index in [4.69, 9.17) is 14.1 Å². The van der Waals surface area contributed by atoms with Crippen molar-refractivity contribution in [2.75, 3.05) is 21.2 Å². The van der Waals surface area contributed by atoms with Gasteiger partial charge in [0.2, 0.25) is 5.89 Å². The van der Waals surface area contributed by atoms with Gasteiger partial charge < -0.3 is 14.1 Å². The van der Waals surface area contributed by atoms with Gasteiger partial charge in [-0.15, -0.1) is 0 Å². The molecule has 1 aromatic heterocycles. The lowest BCUT2D eigenvalue weighted by Gasteiger charge is -2.70. The van der Waals surface area contributed by atoms with Gasteiger partial charge in [0, 0.05) is 36.2 Å². The fourth-order valence-corrected chi connectivity index (χ4v) is 10.2. The van der Waals surface area contributed by atoms with Gasteiger partial charge in [-0.05, 0) is 122 Å². The lowest BCUT2D eigenvalue weighted by molar-refractivity contribution is -0.190. The second-order valence-corrected chi connectivity index (χ2v) is 16.2. The molecule has 2 aromatic carbocycles. The highest BCUT2D eigenvalue weighted by Crippen LogP contribution is 2.76. The van der Waals surface area contributed by atoms with Gasteiger partial charge in [0.25, 0.3) is 5.91 Å². The maximum atomic E-state index is 13.1. The molecule has 3 aromatic rings. The van der Waals surface area contributed by atoms with Crippen molar-refractivity contribution in [3.63, 3.8) is 0 Å². The number of carbonyl (C=O) groups is 2. The largest absolute Gasteiger partial charge is 0.469 e. The first kappa shape index (κ1) is 31.0. The number of fused-ring (bicyclic) bond motifs is 8. The average molecular weight is 621 g/mol. The van der Waals surface area contributed by atoms with Crippen LogP contribution in [0.15, 0.2) is 46.9 Å². The molecule has 0 spiro atoms. The van der Waals surface area contributed by atoms with Crippen LogP contribution in [0.1, 0.15) is 100 Å². The maximum Gasteiger partial charge on any atom is 0.311 e. The normalized spacial score (nSPS) is 34.5. The molecule has 2 saturated carbocycles. The van der Waals surface area contributed by atoms with Crippen molar-refractivity contribution in [3.8, 4) is 11.5 Å². The summed E-state index contributed by atoms with van der Waals surface area (Å²) >= 11 is 0. The number of aromatic nitrogens is 1. The summed E-state index contributed by atoms with van der Waals surface area (Å²) in [6, 6.07) is 9.71. The highest BCUT2D eigenvalue weighted by molar-refractivity contribution is 5.95. The van der Waals surface area contributed by atoms with E-state index in [1.807, 2.05) is 24.3 Å². The first-order chi connectivity index (χ1) is 21.6. The Morgan fingerprint density at radius 3 is 2.37 bits per heavy atom. The van der Waals surface area contributed by atoms with Gasteiger partial charge in [0.05, 0.1) is 12.5 Å². The van der Waals surface area contributed by atoms with Gasteiger partial charge in [0.1, 0.15) is 5.52 Å². The summed E-state index contributed by atoms with van der Waals surface area (Å²) in [5, 5.41) is 0.